The predicted molar refractivity (Wildman–Crippen MR) is 69.9 cm³/mol. The number of carboxylic acids is 1. The van der Waals surface area contributed by atoms with Gasteiger partial charge in [0.1, 0.15) is 11.5 Å². The molecule has 1 aromatic heterocycles. The average Bonchev–Trinajstić information content (AvgIpc) is 2.45. The molecule has 0 fully saturated rings. The Morgan fingerprint density at radius 2 is 1.95 bits per heavy atom. The summed E-state index contributed by atoms with van der Waals surface area (Å²) in [5.74, 6) is -1.66. The number of rotatable bonds is 4. The van der Waals surface area contributed by atoms with E-state index >= 15 is 0 Å². The summed E-state index contributed by atoms with van der Waals surface area (Å²) in [7, 11) is 1.39. The van der Waals surface area contributed by atoms with Gasteiger partial charge in [-0.2, -0.15) is 0 Å². The van der Waals surface area contributed by atoms with Crippen molar-refractivity contribution >= 4 is 5.97 Å². The van der Waals surface area contributed by atoms with Crippen molar-refractivity contribution in [2.24, 2.45) is 0 Å². The second kappa shape index (κ2) is 5.92. The lowest BCUT2D eigenvalue weighted by atomic mass is 10.00. The first-order valence-electron chi connectivity index (χ1n) is 5.93. The number of ether oxygens (including phenoxy) is 2. The van der Waals surface area contributed by atoms with Crippen LogP contribution in [0, 0.1) is 0 Å². The van der Waals surface area contributed by atoms with E-state index in [1.807, 2.05) is 0 Å². The number of aromatic nitrogens is 1. The maximum atomic E-state index is 12.2. The van der Waals surface area contributed by atoms with E-state index in [9.17, 15) is 23.1 Å². The molecule has 116 valence electrons. The second-order valence-corrected chi connectivity index (χ2v) is 4.14. The fourth-order valence-corrected chi connectivity index (χ4v) is 1.89. The van der Waals surface area contributed by atoms with Gasteiger partial charge in [0.05, 0.1) is 12.7 Å². The molecule has 0 bridgehead atoms. The number of halogens is 3. The van der Waals surface area contributed by atoms with E-state index in [2.05, 4.69) is 9.72 Å². The van der Waals surface area contributed by atoms with E-state index in [0.717, 1.165) is 12.1 Å². The van der Waals surface area contributed by atoms with Crippen molar-refractivity contribution < 1.29 is 32.5 Å². The Bertz CT molecular complexity index is 701. The molecule has 0 atom stereocenters. The van der Waals surface area contributed by atoms with Crippen LogP contribution in [0.5, 0.6) is 11.5 Å². The highest BCUT2D eigenvalue weighted by Crippen LogP contribution is 2.34. The number of pyridine rings is 1. The molecule has 1 aromatic carbocycles. The van der Waals surface area contributed by atoms with Gasteiger partial charge in [0.25, 0.3) is 0 Å². The first-order chi connectivity index (χ1) is 10.3. The van der Waals surface area contributed by atoms with Crippen LogP contribution in [0.1, 0.15) is 10.4 Å². The first-order valence-corrected chi connectivity index (χ1v) is 5.93. The molecule has 0 amide bonds. The van der Waals surface area contributed by atoms with Gasteiger partial charge in [-0.3, -0.25) is 4.98 Å². The first kappa shape index (κ1) is 15.6. The molecule has 1 N–H and O–H groups in total. The van der Waals surface area contributed by atoms with Crippen molar-refractivity contribution in [2.75, 3.05) is 7.11 Å². The van der Waals surface area contributed by atoms with E-state index in [-0.39, 0.29) is 11.1 Å². The molecule has 0 aliphatic heterocycles. The van der Waals surface area contributed by atoms with Gasteiger partial charge in [-0.05, 0) is 24.3 Å². The van der Waals surface area contributed by atoms with E-state index in [0.29, 0.717) is 11.3 Å². The Kier molecular flexibility index (Phi) is 4.20. The van der Waals surface area contributed by atoms with Crippen molar-refractivity contribution in [3.8, 4) is 22.6 Å². The summed E-state index contributed by atoms with van der Waals surface area (Å²) < 4.78 is 45.5. The number of methoxy groups -OCH3 is 1. The van der Waals surface area contributed by atoms with Crippen LogP contribution in [0.3, 0.4) is 0 Å². The summed E-state index contributed by atoms with van der Waals surface area (Å²) in [5.41, 5.74) is 0.168. The molecule has 8 heteroatoms. The molecule has 2 rings (SSSR count). The lowest BCUT2D eigenvalue weighted by Crippen LogP contribution is -2.17. The topological polar surface area (TPSA) is 68.7 Å². The molecule has 0 aliphatic rings. The summed E-state index contributed by atoms with van der Waals surface area (Å²) in [6.45, 7) is 0. The van der Waals surface area contributed by atoms with Crippen LogP contribution in [0.2, 0.25) is 0 Å². The van der Waals surface area contributed by atoms with Gasteiger partial charge in [-0.25, -0.2) is 4.79 Å². The van der Waals surface area contributed by atoms with Crippen LogP contribution in [0.15, 0.2) is 36.7 Å². The molecule has 0 saturated carbocycles. The van der Waals surface area contributed by atoms with Gasteiger partial charge >= 0.3 is 12.3 Å². The molecule has 5 nitrogen and oxygen atoms in total. The lowest BCUT2D eigenvalue weighted by Gasteiger charge is -2.13. The van der Waals surface area contributed by atoms with Crippen molar-refractivity contribution in [1.29, 1.82) is 0 Å². The Labute approximate surface area is 122 Å². The smallest absolute Gasteiger partial charge is 0.496 e. The lowest BCUT2D eigenvalue weighted by molar-refractivity contribution is -0.274. The van der Waals surface area contributed by atoms with Crippen LogP contribution in [-0.2, 0) is 0 Å². The number of hydrogen-bond donors (Lipinski definition) is 1. The summed E-state index contributed by atoms with van der Waals surface area (Å²) in [5, 5.41) is 9.22. The van der Waals surface area contributed by atoms with Crippen molar-refractivity contribution in [3.05, 3.63) is 42.2 Å². The monoisotopic (exact) mass is 313 g/mol. The quantitative estimate of drug-likeness (QED) is 0.937. The third kappa shape index (κ3) is 3.46. The molecule has 0 unspecified atom stereocenters. The minimum Gasteiger partial charge on any atom is -0.496 e. The highest BCUT2D eigenvalue weighted by Gasteiger charge is 2.31. The van der Waals surface area contributed by atoms with Gasteiger partial charge in [-0.1, -0.05) is 0 Å². The molecule has 0 radical (unpaired) electrons. The summed E-state index contributed by atoms with van der Waals surface area (Å²) >= 11 is 0. The minimum atomic E-state index is -4.90. The number of alkyl halides is 3. The third-order valence-electron chi connectivity index (χ3n) is 2.75. The number of carbonyl (C=O) groups is 1. The molecule has 0 aliphatic carbocycles. The Morgan fingerprint density at radius 1 is 1.23 bits per heavy atom. The molecular weight excluding hydrogens is 303 g/mol. The van der Waals surface area contributed by atoms with Gasteiger partial charge in [0, 0.05) is 23.5 Å². The summed E-state index contributed by atoms with van der Waals surface area (Å²) in [4.78, 5) is 15.2. The molecule has 0 spiro atoms. The van der Waals surface area contributed by atoms with Crippen molar-refractivity contribution in [1.82, 2.24) is 4.98 Å². The summed E-state index contributed by atoms with van der Waals surface area (Å²) in [6.07, 6.45) is -2.09. The maximum Gasteiger partial charge on any atom is 0.573 e. The normalized spacial score (nSPS) is 11.1. The number of benzene rings is 1. The SMILES string of the molecule is COc1ccncc1-c1ccc(OC(F)(F)F)cc1C(=O)O. The van der Waals surface area contributed by atoms with Crippen molar-refractivity contribution in [2.45, 2.75) is 6.36 Å². The molecule has 1 heterocycles. The zero-order chi connectivity index (χ0) is 16.3. The Balaban J connectivity index is 2.55. The van der Waals surface area contributed by atoms with E-state index in [1.165, 1.54) is 31.6 Å². The number of hydrogen-bond acceptors (Lipinski definition) is 4. The number of aromatic carboxylic acids is 1. The fraction of sp³-hybridized carbons (Fsp3) is 0.143. The van der Waals surface area contributed by atoms with Crippen LogP contribution in [0.4, 0.5) is 13.2 Å². The highest BCUT2D eigenvalue weighted by atomic mass is 19.4. The fourth-order valence-electron chi connectivity index (χ4n) is 1.89. The summed E-state index contributed by atoms with van der Waals surface area (Å²) in [6, 6.07) is 4.56. The minimum absolute atomic E-state index is 0.173. The van der Waals surface area contributed by atoms with Gasteiger partial charge < -0.3 is 14.6 Å². The van der Waals surface area contributed by atoms with Gasteiger partial charge in [0.15, 0.2) is 0 Å². The highest BCUT2D eigenvalue weighted by molar-refractivity contribution is 5.97. The molecular formula is C14H10F3NO4. The zero-order valence-corrected chi connectivity index (χ0v) is 11.2. The Hall–Kier alpha value is -2.77. The van der Waals surface area contributed by atoms with Crippen LogP contribution >= 0.6 is 0 Å². The predicted octanol–water partition coefficient (Wildman–Crippen LogP) is 3.35. The molecule has 22 heavy (non-hydrogen) atoms. The van der Waals surface area contributed by atoms with Gasteiger partial charge in [0.2, 0.25) is 0 Å². The van der Waals surface area contributed by atoms with Crippen LogP contribution < -0.4 is 9.47 Å². The third-order valence-corrected chi connectivity index (χ3v) is 2.75. The molecule has 2 aromatic rings. The average molecular weight is 313 g/mol. The van der Waals surface area contributed by atoms with Crippen molar-refractivity contribution in [3.63, 3.8) is 0 Å². The maximum absolute atomic E-state index is 12.2. The standard InChI is InChI=1S/C14H10F3NO4/c1-21-12-4-5-18-7-11(12)9-3-2-8(22-14(15,16)17)6-10(9)13(19)20/h2-7H,1H3,(H,19,20). The second-order valence-electron chi connectivity index (χ2n) is 4.14. The van der Waals surface area contributed by atoms with Gasteiger partial charge in [-0.15, -0.1) is 13.2 Å². The van der Waals surface area contributed by atoms with Crippen LogP contribution in [-0.4, -0.2) is 29.5 Å². The number of carboxylic acid groups (broad SMARTS) is 1. The zero-order valence-electron chi connectivity index (χ0n) is 11.2. The van der Waals surface area contributed by atoms with E-state index in [1.54, 1.807) is 0 Å². The van der Waals surface area contributed by atoms with E-state index < -0.39 is 18.1 Å². The van der Waals surface area contributed by atoms with E-state index in [4.69, 9.17) is 4.74 Å². The number of nitrogens with zero attached hydrogens (tertiary/aromatic N) is 1. The largest absolute Gasteiger partial charge is 0.573 e. The molecule has 0 saturated heterocycles. The Morgan fingerprint density at radius 3 is 2.55 bits per heavy atom. The van der Waals surface area contributed by atoms with Crippen LogP contribution in [0.25, 0.3) is 11.1 Å².